The molecule has 0 aromatic carbocycles. The van der Waals surface area contributed by atoms with Crippen molar-refractivity contribution < 1.29 is 22.0 Å². The molecule has 0 saturated carbocycles. The van der Waals surface area contributed by atoms with Gasteiger partial charge in [-0.25, -0.2) is 4.98 Å². The van der Waals surface area contributed by atoms with Crippen LogP contribution in [0.25, 0.3) is 0 Å². The summed E-state index contributed by atoms with van der Waals surface area (Å²) in [6.07, 6.45) is -4.03. The number of hydrogen-bond acceptors (Lipinski definition) is 2. The maximum atomic E-state index is 12.2. The van der Waals surface area contributed by atoms with Gasteiger partial charge >= 0.3 is 6.18 Å². The molecule has 0 saturated heterocycles. The van der Waals surface area contributed by atoms with E-state index < -0.39 is 24.7 Å². The van der Waals surface area contributed by atoms with Crippen molar-refractivity contribution in [1.82, 2.24) is 4.98 Å². The fraction of sp³-hybridized carbons (Fsp3) is 0.286. The molecule has 0 atom stereocenters. The highest BCUT2D eigenvalue weighted by Crippen LogP contribution is 2.32. The van der Waals surface area contributed by atoms with Crippen LogP contribution in [0.15, 0.2) is 16.7 Å². The van der Waals surface area contributed by atoms with Crippen LogP contribution in [-0.4, -0.2) is 12.0 Å². The van der Waals surface area contributed by atoms with Crippen molar-refractivity contribution in [2.75, 3.05) is 7.04 Å². The van der Waals surface area contributed by atoms with E-state index in [-0.39, 0.29) is 4.47 Å². The Morgan fingerprint density at radius 3 is 2.77 bits per heavy atom. The Balaban J connectivity index is 3.01. The van der Waals surface area contributed by atoms with Crippen LogP contribution in [0.2, 0.25) is 0 Å². The topological polar surface area (TPSA) is 22.1 Å². The third-order valence-corrected chi connectivity index (χ3v) is 1.80. The highest BCUT2D eigenvalue weighted by molar-refractivity contribution is 9.10. The van der Waals surface area contributed by atoms with Crippen LogP contribution in [-0.2, 0) is 6.18 Å². The average Bonchev–Trinajstić information content (AvgIpc) is 2.04. The van der Waals surface area contributed by atoms with Crippen LogP contribution < -0.4 is 4.74 Å². The van der Waals surface area contributed by atoms with Gasteiger partial charge in [-0.2, -0.15) is 13.2 Å². The third-order valence-electron chi connectivity index (χ3n) is 1.23. The van der Waals surface area contributed by atoms with Crippen molar-refractivity contribution in [3.8, 4) is 5.88 Å². The lowest BCUT2D eigenvalue weighted by Gasteiger charge is -2.07. The summed E-state index contributed by atoms with van der Waals surface area (Å²) in [4.78, 5) is 3.28. The van der Waals surface area contributed by atoms with E-state index in [1.807, 2.05) is 0 Å². The van der Waals surface area contributed by atoms with Crippen molar-refractivity contribution in [2.24, 2.45) is 0 Å². The number of pyridine rings is 1. The molecule has 0 aliphatic carbocycles. The Bertz CT molecular complexity index is 393. The Hall–Kier alpha value is -0.780. The second-order valence-corrected chi connectivity index (χ2v) is 2.97. The standard InChI is InChI=1S/C7H5BrF3NO/c1-13-6-5(8)2-4(3-12-6)7(9,10)11/h2-3H,1H3/i1D3. The normalized spacial score (nSPS) is 15.8. The summed E-state index contributed by atoms with van der Waals surface area (Å²) < 4.78 is 61.2. The van der Waals surface area contributed by atoms with Crippen LogP contribution >= 0.6 is 15.9 Å². The number of halogens is 4. The quantitative estimate of drug-likeness (QED) is 0.773. The van der Waals surface area contributed by atoms with Gasteiger partial charge < -0.3 is 4.74 Å². The molecule has 0 aliphatic heterocycles. The molecule has 0 spiro atoms. The summed E-state index contributed by atoms with van der Waals surface area (Å²) in [6.45, 7) is 0. The number of methoxy groups -OCH3 is 1. The van der Waals surface area contributed by atoms with E-state index in [9.17, 15) is 13.2 Å². The van der Waals surface area contributed by atoms with Gasteiger partial charge in [-0.05, 0) is 22.0 Å². The van der Waals surface area contributed by atoms with Gasteiger partial charge in [0.05, 0.1) is 21.2 Å². The van der Waals surface area contributed by atoms with Gasteiger partial charge in [0.15, 0.2) is 0 Å². The monoisotopic (exact) mass is 258 g/mol. The van der Waals surface area contributed by atoms with Crippen molar-refractivity contribution in [1.29, 1.82) is 0 Å². The average molecular weight is 259 g/mol. The highest BCUT2D eigenvalue weighted by Gasteiger charge is 2.31. The molecule has 0 N–H and O–H groups in total. The SMILES string of the molecule is [2H]C([2H])([2H])Oc1ncc(C(F)(F)F)cc1Br. The first-order valence-electron chi connectivity index (χ1n) is 4.51. The van der Waals surface area contributed by atoms with Crippen molar-refractivity contribution in [3.05, 3.63) is 22.3 Å². The first-order chi connectivity index (χ1) is 7.09. The fourth-order valence-corrected chi connectivity index (χ4v) is 1.09. The lowest BCUT2D eigenvalue weighted by molar-refractivity contribution is -0.137. The van der Waals surface area contributed by atoms with Gasteiger partial charge in [0, 0.05) is 6.20 Å². The lowest BCUT2D eigenvalue weighted by Crippen LogP contribution is -2.05. The number of alkyl halides is 3. The smallest absolute Gasteiger partial charge is 0.417 e. The maximum absolute atomic E-state index is 12.2. The molecule has 6 heteroatoms. The molecular formula is C7H5BrF3NO. The fourth-order valence-electron chi connectivity index (χ4n) is 0.655. The molecule has 0 radical (unpaired) electrons. The molecule has 2 nitrogen and oxygen atoms in total. The van der Waals surface area contributed by atoms with Gasteiger partial charge in [-0.15, -0.1) is 0 Å². The maximum Gasteiger partial charge on any atom is 0.417 e. The van der Waals surface area contributed by atoms with Crippen LogP contribution in [0.3, 0.4) is 0 Å². The molecule has 13 heavy (non-hydrogen) atoms. The molecule has 0 amide bonds. The van der Waals surface area contributed by atoms with Crippen molar-refractivity contribution in [3.63, 3.8) is 0 Å². The van der Waals surface area contributed by atoms with Crippen LogP contribution in [0, 0.1) is 0 Å². The van der Waals surface area contributed by atoms with Gasteiger partial charge in [0.1, 0.15) is 0 Å². The summed E-state index contributed by atoms with van der Waals surface area (Å²) in [5.41, 5.74) is -0.989. The second kappa shape index (κ2) is 3.53. The van der Waals surface area contributed by atoms with E-state index >= 15 is 0 Å². The predicted molar refractivity (Wildman–Crippen MR) is 43.5 cm³/mol. The van der Waals surface area contributed by atoms with Crippen LogP contribution in [0.5, 0.6) is 5.88 Å². The number of ether oxygens (including phenoxy) is 1. The Morgan fingerprint density at radius 2 is 2.31 bits per heavy atom. The van der Waals surface area contributed by atoms with Gasteiger partial charge in [0.2, 0.25) is 5.88 Å². The molecule has 0 fully saturated rings. The van der Waals surface area contributed by atoms with Gasteiger partial charge in [0.25, 0.3) is 0 Å². The zero-order valence-electron chi connectivity index (χ0n) is 9.02. The Labute approximate surface area is 85.1 Å². The molecule has 1 heterocycles. The molecule has 1 rings (SSSR count). The molecule has 1 aromatic rings. The van der Waals surface area contributed by atoms with Crippen molar-refractivity contribution in [2.45, 2.75) is 6.18 Å². The van der Waals surface area contributed by atoms with E-state index in [2.05, 4.69) is 25.7 Å². The third kappa shape index (κ3) is 2.33. The molecule has 0 aliphatic rings. The zero-order chi connectivity index (χ0) is 12.6. The van der Waals surface area contributed by atoms with Crippen molar-refractivity contribution >= 4 is 15.9 Å². The minimum Gasteiger partial charge on any atom is -0.480 e. The molecule has 0 unspecified atom stereocenters. The first-order valence-corrected chi connectivity index (χ1v) is 3.81. The Kier molecular flexibility index (Phi) is 1.80. The minimum atomic E-state index is -4.53. The summed E-state index contributed by atoms with van der Waals surface area (Å²) in [7, 11) is -2.75. The van der Waals surface area contributed by atoms with E-state index in [4.69, 9.17) is 4.11 Å². The minimum absolute atomic E-state index is 0.168. The highest BCUT2D eigenvalue weighted by atomic mass is 79.9. The Morgan fingerprint density at radius 1 is 1.62 bits per heavy atom. The number of nitrogens with zero attached hydrogens (tertiary/aromatic N) is 1. The number of aromatic nitrogens is 1. The van der Waals surface area contributed by atoms with E-state index in [0.717, 1.165) is 0 Å². The van der Waals surface area contributed by atoms with Gasteiger partial charge in [-0.1, -0.05) is 0 Å². The first kappa shape index (κ1) is 6.64. The van der Waals surface area contributed by atoms with E-state index in [1.54, 1.807) is 0 Å². The zero-order valence-corrected chi connectivity index (χ0v) is 7.61. The summed E-state index contributed by atoms with van der Waals surface area (Å²) in [5, 5.41) is 0. The second-order valence-electron chi connectivity index (χ2n) is 2.11. The number of rotatable bonds is 1. The van der Waals surface area contributed by atoms with E-state index in [0.29, 0.717) is 12.3 Å². The number of hydrogen-bond donors (Lipinski definition) is 0. The largest absolute Gasteiger partial charge is 0.480 e. The molecule has 1 aromatic heterocycles. The van der Waals surface area contributed by atoms with Crippen LogP contribution in [0.1, 0.15) is 9.68 Å². The lowest BCUT2D eigenvalue weighted by atomic mass is 10.3. The summed E-state index contributed by atoms with van der Waals surface area (Å²) >= 11 is 2.75. The molecular weight excluding hydrogens is 251 g/mol. The van der Waals surface area contributed by atoms with Crippen LogP contribution in [0.4, 0.5) is 13.2 Å². The van der Waals surface area contributed by atoms with Gasteiger partial charge in [-0.3, -0.25) is 0 Å². The molecule has 72 valence electrons. The van der Waals surface area contributed by atoms with E-state index in [1.165, 1.54) is 0 Å². The summed E-state index contributed by atoms with van der Waals surface area (Å²) in [5.74, 6) is -0.409. The predicted octanol–water partition coefficient (Wildman–Crippen LogP) is 2.87. The molecule has 0 bridgehead atoms. The summed E-state index contributed by atoms with van der Waals surface area (Å²) in [6, 6.07) is 0.702.